The van der Waals surface area contributed by atoms with Crippen molar-refractivity contribution in [3.05, 3.63) is 11.5 Å². The van der Waals surface area contributed by atoms with Crippen molar-refractivity contribution in [1.82, 2.24) is 9.97 Å². The van der Waals surface area contributed by atoms with Crippen LogP contribution in [0.2, 0.25) is 19.6 Å². The summed E-state index contributed by atoms with van der Waals surface area (Å²) in [6.07, 6.45) is 3.80. The average molecular weight is 380 g/mol. The highest BCUT2D eigenvalue weighted by Gasteiger charge is 2.39. The molecule has 0 aromatic carbocycles. The second-order valence-electron chi connectivity index (χ2n) is 8.01. The summed E-state index contributed by atoms with van der Waals surface area (Å²) in [5.41, 5.74) is 3.31. The number of aryl methyl sites for hydroxylation is 1. The van der Waals surface area contributed by atoms with Gasteiger partial charge in [-0.1, -0.05) is 19.6 Å². The molecule has 1 aliphatic carbocycles. The summed E-state index contributed by atoms with van der Waals surface area (Å²) < 4.78 is 25.2. The van der Waals surface area contributed by atoms with Gasteiger partial charge in [0.2, 0.25) is 5.82 Å². The first-order valence-corrected chi connectivity index (χ1v) is 13.9. The van der Waals surface area contributed by atoms with E-state index < -0.39 is 23.5 Å². The molecule has 1 aliphatic heterocycles. The minimum atomic E-state index is -3.41. The summed E-state index contributed by atoms with van der Waals surface area (Å²) in [7, 11) is -5.00. The number of nitrogens with one attached hydrogen (secondary N) is 1. The molecule has 3 rings (SSSR count). The van der Waals surface area contributed by atoms with Crippen LogP contribution in [0.5, 0.6) is 0 Å². The van der Waals surface area contributed by atoms with Crippen LogP contribution in [-0.2, 0) is 16.3 Å². The van der Waals surface area contributed by atoms with Crippen molar-refractivity contribution < 1.29 is 13.5 Å². The van der Waals surface area contributed by atoms with Crippen molar-refractivity contribution in [3.8, 4) is 11.5 Å². The summed E-state index contributed by atoms with van der Waals surface area (Å²) in [6, 6.07) is 0. The molecule has 1 aromatic heterocycles. The molecule has 0 spiro atoms. The van der Waals surface area contributed by atoms with Crippen LogP contribution in [0.3, 0.4) is 0 Å². The number of sulfone groups is 1. The van der Waals surface area contributed by atoms with Gasteiger partial charge in [0, 0.05) is 0 Å². The number of anilines is 1. The van der Waals surface area contributed by atoms with E-state index in [1.165, 1.54) is 0 Å². The Morgan fingerprint density at radius 2 is 1.96 bits per heavy atom. The molecule has 0 saturated heterocycles. The van der Waals surface area contributed by atoms with Crippen molar-refractivity contribution in [3.63, 3.8) is 0 Å². The van der Waals surface area contributed by atoms with Crippen molar-refractivity contribution >= 4 is 23.7 Å². The van der Waals surface area contributed by atoms with Gasteiger partial charge in [-0.3, -0.25) is 0 Å². The smallest absolute Gasteiger partial charge is 0.206 e. The molecule has 1 aromatic rings. The molecule has 1 fully saturated rings. The number of hydrogen-bond donors (Lipinski definition) is 2. The van der Waals surface area contributed by atoms with E-state index in [2.05, 4.69) is 46.4 Å². The standard InChI is InChI=1S/C17H25N3O3SSi/c1-25(2,3)11-7-14-18-13-6-4-10-24(22,23)15(13)16(19-14)20-17(12-21)8-5-9-17/h21H,4-6,8-10,12H2,1-3H3,(H,18,19,20). The van der Waals surface area contributed by atoms with E-state index >= 15 is 0 Å². The molecule has 2 aliphatic rings. The number of rotatable bonds is 3. The van der Waals surface area contributed by atoms with E-state index in [-0.39, 0.29) is 17.3 Å². The van der Waals surface area contributed by atoms with Crippen molar-refractivity contribution in [2.75, 3.05) is 17.7 Å². The molecule has 0 atom stereocenters. The minimum Gasteiger partial charge on any atom is -0.394 e. The minimum absolute atomic E-state index is 0.0399. The summed E-state index contributed by atoms with van der Waals surface area (Å²) in [6.45, 7) is 6.37. The Labute approximate surface area is 150 Å². The molecule has 2 heterocycles. The van der Waals surface area contributed by atoms with Gasteiger partial charge in [-0.05, 0) is 38.0 Å². The SMILES string of the molecule is C[Si](C)(C)C#Cc1nc2c(c(NC3(CO)CCC3)n1)S(=O)(=O)CCC2. The van der Waals surface area contributed by atoms with Crippen LogP contribution in [0.15, 0.2) is 4.90 Å². The molecular formula is C17H25N3O3SSi. The largest absolute Gasteiger partial charge is 0.394 e. The number of fused-ring (bicyclic) bond motifs is 1. The normalized spacial score (nSPS) is 20.6. The zero-order chi connectivity index (χ0) is 18.3. The zero-order valence-corrected chi connectivity index (χ0v) is 16.8. The maximum Gasteiger partial charge on any atom is 0.206 e. The Balaban J connectivity index is 2.10. The summed E-state index contributed by atoms with van der Waals surface area (Å²) >= 11 is 0. The topological polar surface area (TPSA) is 92.2 Å². The molecule has 0 amide bonds. The molecule has 6 nitrogen and oxygen atoms in total. The van der Waals surface area contributed by atoms with Crippen LogP contribution in [0.4, 0.5) is 5.82 Å². The Hall–Kier alpha value is -1.43. The van der Waals surface area contributed by atoms with Gasteiger partial charge >= 0.3 is 0 Å². The fourth-order valence-electron chi connectivity index (χ4n) is 3.09. The first-order valence-electron chi connectivity index (χ1n) is 8.70. The predicted molar refractivity (Wildman–Crippen MR) is 99.9 cm³/mol. The highest BCUT2D eigenvalue weighted by atomic mass is 32.2. The van der Waals surface area contributed by atoms with Crippen LogP contribution >= 0.6 is 0 Å². The van der Waals surface area contributed by atoms with Gasteiger partial charge < -0.3 is 10.4 Å². The predicted octanol–water partition coefficient (Wildman–Crippen LogP) is 1.75. The maximum absolute atomic E-state index is 12.6. The van der Waals surface area contributed by atoms with E-state index in [4.69, 9.17) is 0 Å². The molecular weight excluding hydrogens is 354 g/mol. The lowest BCUT2D eigenvalue weighted by Gasteiger charge is -2.42. The summed E-state index contributed by atoms with van der Waals surface area (Å²) in [5, 5.41) is 13.0. The molecule has 1 saturated carbocycles. The maximum atomic E-state index is 12.6. The lowest BCUT2D eigenvalue weighted by Crippen LogP contribution is -2.49. The number of hydrogen-bond acceptors (Lipinski definition) is 6. The quantitative estimate of drug-likeness (QED) is 0.614. The van der Waals surface area contributed by atoms with Crippen LogP contribution in [0.25, 0.3) is 0 Å². The number of aromatic nitrogens is 2. The number of aliphatic hydroxyl groups is 1. The molecule has 0 bridgehead atoms. The van der Waals surface area contributed by atoms with Gasteiger partial charge in [0.05, 0.1) is 23.6 Å². The monoisotopic (exact) mass is 379 g/mol. The molecule has 25 heavy (non-hydrogen) atoms. The van der Waals surface area contributed by atoms with Crippen LogP contribution in [0, 0.1) is 11.5 Å². The first kappa shape index (κ1) is 18.4. The van der Waals surface area contributed by atoms with Crippen molar-refractivity contribution in [2.24, 2.45) is 0 Å². The molecule has 0 unspecified atom stereocenters. The van der Waals surface area contributed by atoms with E-state index in [0.29, 0.717) is 30.2 Å². The highest BCUT2D eigenvalue weighted by molar-refractivity contribution is 7.91. The molecule has 2 N–H and O–H groups in total. The molecule has 8 heteroatoms. The van der Waals surface area contributed by atoms with E-state index in [9.17, 15) is 13.5 Å². The Kier molecular flexibility index (Phi) is 4.68. The van der Waals surface area contributed by atoms with Gasteiger partial charge in [-0.25, -0.2) is 18.4 Å². The lowest BCUT2D eigenvalue weighted by molar-refractivity contribution is 0.143. The fraction of sp³-hybridized carbons (Fsp3) is 0.647. The van der Waals surface area contributed by atoms with E-state index in [0.717, 1.165) is 19.3 Å². The van der Waals surface area contributed by atoms with Gasteiger partial charge in [-0.15, -0.1) is 5.54 Å². The third kappa shape index (κ3) is 3.89. The highest BCUT2D eigenvalue weighted by Crippen LogP contribution is 2.38. The Bertz CT molecular complexity index is 841. The van der Waals surface area contributed by atoms with E-state index in [1.807, 2.05) is 0 Å². The third-order valence-electron chi connectivity index (χ3n) is 4.62. The van der Waals surface area contributed by atoms with Crippen molar-refractivity contribution in [1.29, 1.82) is 0 Å². The van der Waals surface area contributed by atoms with Crippen LogP contribution in [-0.4, -0.2) is 49.5 Å². The average Bonchev–Trinajstić information content (AvgIpc) is 2.47. The summed E-state index contributed by atoms with van der Waals surface area (Å²) in [4.78, 5) is 9.07. The van der Waals surface area contributed by atoms with Gasteiger partial charge in [0.1, 0.15) is 18.8 Å². The third-order valence-corrected chi connectivity index (χ3v) is 7.37. The van der Waals surface area contributed by atoms with Crippen LogP contribution < -0.4 is 5.32 Å². The van der Waals surface area contributed by atoms with Crippen molar-refractivity contribution in [2.45, 2.75) is 62.2 Å². The van der Waals surface area contributed by atoms with Crippen LogP contribution in [0.1, 0.15) is 37.2 Å². The van der Waals surface area contributed by atoms with Gasteiger partial charge in [-0.2, -0.15) is 0 Å². The van der Waals surface area contributed by atoms with Gasteiger partial charge in [0.15, 0.2) is 9.84 Å². The summed E-state index contributed by atoms with van der Waals surface area (Å²) in [5.74, 6) is 3.84. The molecule has 136 valence electrons. The number of aliphatic hydroxyl groups excluding tert-OH is 1. The zero-order valence-electron chi connectivity index (χ0n) is 15.0. The fourth-order valence-corrected chi connectivity index (χ4v) is 5.20. The first-order chi connectivity index (χ1) is 11.6. The lowest BCUT2D eigenvalue weighted by atomic mass is 9.77. The molecule has 0 radical (unpaired) electrons. The Morgan fingerprint density at radius 1 is 1.24 bits per heavy atom. The number of nitrogens with zero attached hydrogens (tertiary/aromatic N) is 2. The second kappa shape index (κ2) is 6.38. The second-order valence-corrected chi connectivity index (χ2v) is 14.8. The Morgan fingerprint density at radius 3 is 2.52 bits per heavy atom. The van der Waals surface area contributed by atoms with Gasteiger partial charge in [0.25, 0.3) is 0 Å². The van der Waals surface area contributed by atoms with E-state index in [1.54, 1.807) is 0 Å².